The lowest BCUT2D eigenvalue weighted by atomic mass is 9.89. The van der Waals surface area contributed by atoms with Crippen LogP contribution in [0.25, 0.3) is 45.1 Å². The standard InChI is InChI=1S/C30H31N2O/c1-7-21-12-8-9-13-22(21)30-31(6)16-17-32(30)28-24(19(2)3)18-25-23-14-10-11-15-26(23)33-29(25)27(28)20(4)5/h7-20H,1H2,2-6H3/q+1. The van der Waals surface area contributed by atoms with Crippen LogP contribution in [-0.2, 0) is 7.05 Å². The van der Waals surface area contributed by atoms with Crippen molar-refractivity contribution in [3.05, 3.63) is 90.3 Å². The molecule has 0 N–H and O–H groups in total. The van der Waals surface area contributed by atoms with Gasteiger partial charge in [-0.25, -0.2) is 4.57 Å². The molecule has 33 heavy (non-hydrogen) atoms. The number of hydrogen-bond acceptors (Lipinski definition) is 1. The van der Waals surface area contributed by atoms with Gasteiger partial charge < -0.3 is 4.42 Å². The first kappa shape index (κ1) is 21.3. The van der Waals surface area contributed by atoms with Crippen LogP contribution in [-0.4, -0.2) is 4.57 Å². The average Bonchev–Trinajstić information content (AvgIpc) is 3.37. The fraction of sp³-hybridized carbons (Fsp3) is 0.233. The monoisotopic (exact) mass is 435 g/mol. The molecule has 0 saturated carbocycles. The van der Waals surface area contributed by atoms with Crippen molar-refractivity contribution in [3.8, 4) is 17.1 Å². The summed E-state index contributed by atoms with van der Waals surface area (Å²) in [5.41, 5.74) is 8.01. The molecule has 0 atom stereocenters. The molecule has 0 spiro atoms. The lowest BCUT2D eigenvalue weighted by molar-refractivity contribution is -0.659. The highest BCUT2D eigenvalue weighted by Gasteiger charge is 2.30. The highest BCUT2D eigenvalue weighted by Crippen LogP contribution is 2.42. The molecule has 3 aromatic carbocycles. The molecule has 0 aliphatic carbocycles. The fourth-order valence-electron chi connectivity index (χ4n) is 5.00. The number of hydrogen-bond donors (Lipinski definition) is 0. The van der Waals surface area contributed by atoms with E-state index in [2.05, 4.69) is 111 Å². The largest absolute Gasteiger partial charge is 0.456 e. The molecule has 0 radical (unpaired) electrons. The van der Waals surface area contributed by atoms with Gasteiger partial charge in [0.1, 0.15) is 29.2 Å². The highest BCUT2D eigenvalue weighted by atomic mass is 16.3. The predicted octanol–water partition coefficient (Wildman–Crippen LogP) is 7.76. The normalized spacial score (nSPS) is 11.8. The predicted molar refractivity (Wildman–Crippen MR) is 138 cm³/mol. The molecule has 0 saturated heterocycles. The number of benzene rings is 3. The van der Waals surface area contributed by atoms with Gasteiger partial charge in [-0.15, -0.1) is 0 Å². The van der Waals surface area contributed by atoms with Crippen molar-refractivity contribution in [2.24, 2.45) is 7.05 Å². The third-order valence-corrected chi connectivity index (χ3v) is 6.57. The summed E-state index contributed by atoms with van der Waals surface area (Å²) in [5, 5.41) is 2.38. The van der Waals surface area contributed by atoms with Crippen LogP contribution in [0, 0.1) is 0 Å². The van der Waals surface area contributed by atoms with E-state index in [0.29, 0.717) is 5.92 Å². The number of aromatic nitrogens is 2. The smallest absolute Gasteiger partial charge is 0.294 e. The van der Waals surface area contributed by atoms with Crippen molar-refractivity contribution in [1.82, 2.24) is 4.57 Å². The van der Waals surface area contributed by atoms with Crippen LogP contribution in [0.15, 0.2) is 78.0 Å². The maximum absolute atomic E-state index is 6.50. The average molecular weight is 436 g/mol. The van der Waals surface area contributed by atoms with Gasteiger partial charge in [0.2, 0.25) is 0 Å². The van der Waals surface area contributed by atoms with E-state index in [1.807, 2.05) is 12.1 Å². The Hall–Kier alpha value is -3.59. The lowest BCUT2D eigenvalue weighted by Crippen LogP contribution is -2.29. The third kappa shape index (κ3) is 3.31. The van der Waals surface area contributed by atoms with Gasteiger partial charge >= 0.3 is 0 Å². The van der Waals surface area contributed by atoms with Crippen molar-refractivity contribution in [2.45, 2.75) is 39.5 Å². The molecule has 2 heterocycles. The molecule has 5 rings (SSSR count). The minimum atomic E-state index is 0.289. The molecule has 0 amide bonds. The van der Waals surface area contributed by atoms with Crippen molar-refractivity contribution < 1.29 is 8.98 Å². The number of aryl methyl sites for hydroxylation is 1. The second-order valence-electron chi connectivity index (χ2n) is 9.41. The van der Waals surface area contributed by atoms with Crippen molar-refractivity contribution in [3.63, 3.8) is 0 Å². The first-order valence-electron chi connectivity index (χ1n) is 11.7. The van der Waals surface area contributed by atoms with Gasteiger partial charge in [0.05, 0.1) is 12.6 Å². The zero-order chi connectivity index (χ0) is 23.3. The number of rotatable bonds is 5. The second kappa shape index (κ2) is 8.08. The molecule has 3 heteroatoms. The summed E-state index contributed by atoms with van der Waals surface area (Å²) in [5.74, 6) is 1.77. The second-order valence-corrected chi connectivity index (χ2v) is 9.41. The van der Waals surface area contributed by atoms with Gasteiger partial charge in [0.25, 0.3) is 5.82 Å². The van der Waals surface area contributed by atoms with E-state index >= 15 is 0 Å². The fourth-order valence-corrected chi connectivity index (χ4v) is 5.00. The van der Waals surface area contributed by atoms with Crippen LogP contribution in [0.1, 0.15) is 56.2 Å². The van der Waals surface area contributed by atoms with Gasteiger partial charge in [-0.3, -0.25) is 0 Å². The zero-order valence-electron chi connectivity index (χ0n) is 20.1. The first-order valence-corrected chi connectivity index (χ1v) is 11.7. The van der Waals surface area contributed by atoms with Crippen LogP contribution in [0.3, 0.4) is 0 Å². The molecule has 0 aliphatic rings. The summed E-state index contributed by atoms with van der Waals surface area (Å²) in [6, 6.07) is 19.2. The Kier molecular flexibility index (Phi) is 5.20. The SMILES string of the molecule is C=Cc1ccccc1-c1n(-c2c(C(C)C)cc3c(oc4ccccc43)c2C(C)C)cc[n+]1C. The van der Waals surface area contributed by atoms with Gasteiger partial charge in [0, 0.05) is 21.9 Å². The minimum absolute atomic E-state index is 0.289. The summed E-state index contributed by atoms with van der Waals surface area (Å²) in [6.07, 6.45) is 6.24. The van der Waals surface area contributed by atoms with Crippen LogP contribution in [0.5, 0.6) is 0 Å². The van der Waals surface area contributed by atoms with E-state index in [9.17, 15) is 0 Å². The molecule has 2 aromatic heterocycles. The van der Waals surface area contributed by atoms with Crippen molar-refractivity contribution in [1.29, 1.82) is 0 Å². The van der Waals surface area contributed by atoms with E-state index in [0.717, 1.165) is 28.1 Å². The molecule has 0 unspecified atom stereocenters. The summed E-state index contributed by atoms with van der Waals surface area (Å²) in [7, 11) is 2.11. The Morgan fingerprint density at radius 3 is 2.39 bits per heavy atom. The number of nitrogens with zero attached hydrogens (tertiary/aromatic N) is 2. The Morgan fingerprint density at radius 2 is 1.67 bits per heavy atom. The number of fused-ring (bicyclic) bond motifs is 3. The van der Waals surface area contributed by atoms with Crippen LogP contribution in [0.4, 0.5) is 0 Å². The molecular formula is C30H31N2O+. The Labute approximate surface area is 195 Å². The summed E-state index contributed by atoms with van der Waals surface area (Å²) in [4.78, 5) is 0. The lowest BCUT2D eigenvalue weighted by Gasteiger charge is -2.19. The van der Waals surface area contributed by atoms with Crippen molar-refractivity contribution in [2.75, 3.05) is 0 Å². The Morgan fingerprint density at radius 1 is 0.939 bits per heavy atom. The number of furan rings is 1. The maximum Gasteiger partial charge on any atom is 0.294 e. The van der Waals surface area contributed by atoms with Crippen LogP contribution in [0.2, 0.25) is 0 Å². The first-order chi connectivity index (χ1) is 15.9. The van der Waals surface area contributed by atoms with Gasteiger partial charge in [-0.2, -0.15) is 4.57 Å². The van der Waals surface area contributed by atoms with Crippen LogP contribution < -0.4 is 4.57 Å². The highest BCUT2D eigenvalue weighted by molar-refractivity contribution is 6.07. The van der Waals surface area contributed by atoms with Gasteiger partial charge in [0.15, 0.2) is 0 Å². The molecule has 0 fully saturated rings. The third-order valence-electron chi connectivity index (χ3n) is 6.57. The van der Waals surface area contributed by atoms with Crippen LogP contribution >= 0.6 is 0 Å². The van der Waals surface area contributed by atoms with Crippen molar-refractivity contribution >= 4 is 28.0 Å². The minimum Gasteiger partial charge on any atom is -0.456 e. The van der Waals surface area contributed by atoms with E-state index in [-0.39, 0.29) is 5.92 Å². The topological polar surface area (TPSA) is 21.9 Å². The Balaban J connectivity index is 1.94. The number of imidazole rings is 1. The molecule has 166 valence electrons. The van der Waals surface area contributed by atoms with Gasteiger partial charge in [-0.1, -0.05) is 76.7 Å². The molecular weight excluding hydrogens is 404 g/mol. The summed E-state index contributed by atoms with van der Waals surface area (Å²) < 4.78 is 11.0. The number of para-hydroxylation sites is 1. The van der Waals surface area contributed by atoms with E-state index in [1.165, 1.54) is 27.6 Å². The molecule has 3 nitrogen and oxygen atoms in total. The molecule has 0 bridgehead atoms. The van der Waals surface area contributed by atoms with E-state index < -0.39 is 0 Å². The quantitative estimate of drug-likeness (QED) is 0.259. The van der Waals surface area contributed by atoms with E-state index in [4.69, 9.17) is 4.42 Å². The Bertz CT molecular complexity index is 1500. The van der Waals surface area contributed by atoms with Gasteiger partial charge in [-0.05, 0) is 35.6 Å². The summed E-state index contributed by atoms with van der Waals surface area (Å²) in [6.45, 7) is 13.1. The molecule has 5 aromatic rings. The van der Waals surface area contributed by atoms with E-state index in [1.54, 1.807) is 0 Å². The molecule has 0 aliphatic heterocycles. The summed E-state index contributed by atoms with van der Waals surface area (Å²) >= 11 is 0. The maximum atomic E-state index is 6.50. The zero-order valence-corrected chi connectivity index (χ0v) is 20.1.